The fourth-order valence-corrected chi connectivity index (χ4v) is 4.03. The van der Waals surface area contributed by atoms with Crippen LogP contribution in [0.2, 0.25) is 0 Å². The van der Waals surface area contributed by atoms with Crippen molar-refractivity contribution in [2.24, 2.45) is 5.92 Å². The van der Waals surface area contributed by atoms with Crippen LogP contribution >= 0.6 is 11.3 Å². The molecule has 1 aliphatic heterocycles. The van der Waals surface area contributed by atoms with Crippen molar-refractivity contribution in [2.45, 2.75) is 25.9 Å². The van der Waals surface area contributed by atoms with E-state index in [2.05, 4.69) is 33.7 Å². The molecule has 4 heteroatoms. The first-order valence-corrected chi connectivity index (χ1v) is 9.30. The molecule has 3 rings (SSSR count). The number of benzene rings is 1. The monoisotopic (exact) mass is 332 g/mol. The third-order valence-electron chi connectivity index (χ3n) is 4.63. The van der Waals surface area contributed by atoms with Crippen LogP contribution in [0.15, 0.2) is 41.1 Å². The number of nitrogens with zero attached hydrogens (tertiary/aromatic N) is 2. The predicted octanol–water partition coefficient (Wildman–Crippen LogP) is 4.23. The Kier molecular flexibility index (Phi) is 5.81. The van der Waals surface area contributed by atoms with Gasteiger partial charge in [0.05, 0.1) is 0 Å². The van der Waals surface area contributed by atoms with Crippen LogP contribution in [0.4, 0.5) is 4.39 Å². The largest absolute Gasteiger partial charge is 0.302 e. The van der Waals surface area contributed by atoms with Gasteiger partial charge in [-0.15, -0.1) is 0 Å². The molecule has 1 aromatic carbocycles. The molecule has 1 aromatic heterocycles. The van der Waals surface area contributed by atoms with Crippen molar-refractivity contribution in [1.82, 2.24) is 9.80 Å². The topological polar surface area (TPSA) is 6.48 Å². The molecule has 2 nitrogen and oxygen atoms in total. The van der Waals surface area contributed by atoms with Gasteiger partial charge in [0.15, 0.2) is 0 Å². The van der Waals surface area contributed by atoms with Gasteiger partial charge in [-0.2, -0.15) is 11.3 Å². The maximum Gasteiger partial charge on any atom is 0.123 e. The van der Waals surface area contributed by atoms with Crippen molar-refractivity contribution in [2.75, 3.05) is 26.7 Å². The highest BCUT2D eigenvalue weighted by atomic mass is 32.1. The summed E-state index contributed by atoms with van der Waals surface area (Å²) in [6.07, 6.45) is 2.52. The van der Waals surface area contributed by atoms with Crippen LogP contribution in [0.5, 0.6) is 0 Å². The van der Waals surface area contributed by atoms with Crippen molar-refractivity contribution in [3.05, 3.63) is 58.0 Å². The number of rotatable bonds is 6. The second-order valence-corrected chi connectivity index (χ2v) is 7.45. The summed E-state index contributed by atoms with van der Waals surface area (Å²) in [6.45, 7) is 5.47. The molecule has 124 valence electrons. The molecule has 1 aliphatic rings. The number of halogens is 1. The van der Waals surface area contributed by atoms with E-state index in [1.807, 2.05) is 12.1 Å². The summed E-state index contributed by atoms with van der Waals surface area (Å²) >= 11 is 1.77. The van der Waals surface area contributed by atoms with Gasteiger partial charge in [0.2, 0.25) is 0 Å². The standard InChI is InChI=1S/C19H25FN2S/c1-21(13-18-8-11-23-15-18)12-17-6-9-22(10-7-17)14-16-2-4-19(20)5-3-16/h2-5,8,11,15,17H,6-7,9-10,12-14H2,1H3. The van der Waals surface area contributed by atoms with Crippen LogP contribution in [0.1, 0.15) is 24.0 Å². The number of likely N-dealkylation sites (tertiary alicyclic amines) is 1. The molecule has 1 fully saturated rings. The summed E-state index contributed by atoms with van der Waals surface area (Å²) in [6, 6.07) is 9.13. The zero-order valence-electron chi connectivity index (χ0n) is 13.7. The van der Waals surface area contributed by atoms with E-state index in [1.165, 1.54) is 30.5 Å². The third kappa shape index (κ3) is 5.13. The summed E-state index contributed by atoms with van der Waals surface area (Å²) in [5, 5.41) is 4.39. The van der Waals surface area contributed by atoms with E-state index >= 15 is 0 Å². The summed E-state index contributed by atoms with van der Waals surface area (Å²) in [5.74, 6) is 0.643. The van der Waals surface area contributed by atoms with Crippen molar-refractivity contribution in [1.29, 1.82) is 0 Å². The van der Waals surface area contributed by atoms with Gasteiger partial charge < -0.3 is 4.90 Å². The van der Waals surface area contributed by atoms with Crippen LogP contribution in [-0.2, 0) is 13.1 Å². The highest BCUT2D eigenvalue weighted by Gasteiger charge is 2.20. The molecule has 0 spiro atoms. The first-order chi connectivity index (χ1) is 11.2. The van der Waals surface area contributed by atoms with E-state index in [4.69, 9.17) is 0 Å². The highest BCUT2D eigenvalue weighted by molar-refractivity contribution is 7.07. The van der Waals surface area contributed by atoms with Crippen molar-refractivity contribution in [3.63, 3.8) is 0 Å². The van der Waals surface area contributed by atoms with Crippen LogP contribution in [-0.4, -0.2) is 36.5 Å². The lowest BCUT2D eigenvalue weighted by molar-refractivity contribution is 0.147. The average molecular weight is 332 g/mol. The van der Waals surface area contributed by atoms with Crippen molar-refractivity contribution >= 4 is 11.3 Å². The maximum absolute atomic E-state index is 13.0. The molecule has 0 N–H and O–H groups in total. The Morgan fingerprint density at radius 2 is 1.87 bits per heavy atom. The Bertz CT molecular complexity index is 574. The first-order valence-electron chi connectivity index (χ1n) is 8.35. The minimum atomic E-state index is -0.152. The molecule has 2 heterocycles. The van der Waals surface area contributed by atoms with Crippen LogP contribution in [0.25, 0.3) is 0 Å². The predicted molar refractivity (Wildman–Crippen MR) is 95.1 cm³/mol. The Balaban J connectivity index is 1.40. The highest BCUT2D eigenvalue weighted by Crippen LogP contribution is 2.21. The van der Waals surface area contributed by atoms with E-state index in [1.54, 1.807) is 23.5 Å². The number of piperidine rings is 1. The second kappa shape index (κ2) is 8.04. The van der Waals surface area contributed by atoms with Gasteiger partial charge >= 0.3 is 0 Å². The van der Waals surface area contributed by atoms with E-state index < -0.39 is 0 Å². The van der Waals surface area contributed by atoms with Crippen LogP contribution < -0.4 is 0 Å². The molecule has 0 unspecified atom stereocenters. The molecule has 0 bridgehead atoms. The third-order valence-corrected chi connectivity index (χ3v) is 5.36. The van der Waals surface area contributed by atoms with Crippen LogP contribution in [0, 0.1) is 11.7 Å². The summed E-state index contributed by atoms with van der Waals surface area (Å²) in [5.41, 5.74) is 2.63. The first kappa shape index (κ1) is 16.6. The molecule has 0 aliphatic carbocycles. The fourth-order valence-electron chi connectivity index (χ4n) is 3.37. The number of hydrogen-bond donors (Lipinski definition) is 0. The molecular weight excluding hydrogens is 307 g/mol. The second-order valence-electron chi connectivity index (χ2n) is 6.67. The van der Waals surface area contributed by atoms with Gasteiger partial charge in [0, 0.05) is 19.6 Å². The average Bonchev–Trinajstić information content (AvgIpc) is 3.04. The van der Waals surface area contributed by atoms with E-state index in [0.29, 0.717) is 0 Å². The van der Waals surface area contributed by atoms with Gasteiger partial charge in [-0.25, -0.2) is 4.39 Å². The quantitative estimate of drug-likeness (QED) is 0.781. The zero-order chi connectivity index (χ0) is 16.1. The summed E-state index contributed by atoms with van der Waals surface area (Å²) in [4.78, 5) is 4.94. The summed E-state index contributed by atoms with van der Waals surface area (Å²) < 4.78 is 13.0. The Hall–Kier alpha value is -1.23. The number of thiophene rings is 1. The van der Waals surface area contributed by atoms with Crippen LogP contribution in [0.3, 0.4) is 0 Å². The van der Waals surface area contributed by atoms with E-state index in [-0.39, 0.29) is 5.82 Å². The minimum absolute atomic E-state index is 0.152. The Labute approximate surface area is 142 Å². The Morgan fingerprint density at radius 3 is 2.52 bits per heavy atom. The normalized spacial score (nSPS) is 17.0. The smallest absolute Gasteiger partial charge is 0.123 e. The molecule has 2 aromatic rings. The molecule has 0 amide bonds. The lowest BCUT2D eigenvalue weighted by Gasteiger charge is -2.34. The van der Waals surface area contributed by atoms with Crippen molar-refractivity contribution in [3.8, 4) is 0 Å². The van der Waals surface area contributed by atoms with Gasteiger partial charge in [0.25, 0.3) is 0 Å². The van der Waals surface area contributed by atoms with Gasteiger partial charge in [-0.05, 0) is 79.0 Å². The van der Waals surface area contributed by atoms with Gasteiger partial charge in [-0.1, -0.05) is 12.1 Å². The Morgan fingerprint density at radius 1 is 1.13 bits per heavy atom. The van der Waals surface area contributed by atoms with Gasteiger partial charge in [0.1, 0.15) is 5.82 Å². The van der Waals surface area contributed by atoms with Gasteiger partial charge in [-0.3, -0.25) is 4.90 Å². The fraction of sp³-hybridized carbons (Fsp3) is 0.474. The molecule has 0 atom stereocenters. The molecule has 23 heavy (non-hydrogen) atoms. The minimum Gasteiger partial charge on any atom is -0.302 e. The lowest BCUT2D eigenvalue weighted by atomic mass is 9.96. The maximum atomic E-state index is 13.0. The number of hydrogen-bond acceptors (Lipinski definition) is 3. The summed E-state index contributed by atoms with van der Waals surface area (Å²) in [7, 11) is 2.22. The SMILES string of the molecule is CN(Cc1ccsc1)CC1CCN(Cc2ccc(F)cc2)CC1. The molecule has 0 saturated carbocycles. The van der Waals surface area contributed by atoms with E-state index in [0.717, 1.165) is 32.1 Å². The lowest BCUT2D eigenvalue weighted by Crippen LogP contribution is -2.37. The zero-order valence-corrected chi connectivity index (χ0v) is 14.6. The molecule has 1 saturated heterocycles. The van der Waals surface area contributed by atoms with Crippen molar-refractivity contribution < 1.29 is 4.39 Å². The van der Waals surface area contributed by atoms with E-state index in [9.17, 15) is 4.39 Å². The molecular formula is C19H25FN2S. The molecule has 0 radical (unpaired) electrons.